The lowest BCUT2D eigenvalue weighted by atomic mass is 10.1. The van der Waals surface area contributed by atoms with Gasteiger partial charge in [-0.1, -0.05) is 24.3 Å². The van der Waals surface area contributed by atoms with Gasteiger partial charge in [0.2, 0.25) is 0 Å². The summed E-state index contributed by atoms with van der Waals surface area (Å²) in [4.78, 5) is 0. The van der Waals surface area contributed by atoms with Crippen LogP contribution in [0.15, 0.2) is 48.5 Å². The number of nitrogens with two attached hydrogens (primary N) is 1. The highest BCUT2D eigenvalue weighted by molar-refractivity contribution is 7.84. The van der Waals surface area contributed by atoms with Crippen LogP contribution in [0.1, 0.15) is 0 Å². The Balaban J connectivity index is 2.28. The molecule has 4 nitrogen and oxygen atoms in total. The Morgan fingerprint density at radius 1 is 1.00 bits per heavy atom. The number of hydrogen-bond acceptors (Lipinski definition) is 3. The second-order valence-corrected chi connectivity index (χ2v) is 4.76. The van der Waals surface area contributed by atoms with E-state index in [2.05, 4.69) is 4.18 Å². The average molecular weight is 267 g/mol. The molecule has 0 fully saturated rings. The van der Waals surface area contributed by atoms with Crippen molar-refractivity contribution in [2.24, 2.45) is 5.14 Å². The first kappa shape index (κ1) is 12.5. The van der Waals surface area contributed by atoms with Gasteiger partial charge in [-0.15, -0.1) is 0 Å². The number of hydrogen-bond donors (Lipinski definition) is 1. The molecule has 0 aliphatic carbocycles. The van der Waals surface area contributed by atoms with E-state index in [-0.39, 0.29) is 11.6 Å². The van der Waals surface area contributed by atoms with Gasteiger partial charge in [0.05, 0.1) is 0 Å². The molecule has 0 bridgehead atoms. The van der Waals surface area contributed by atoms with Crippen molar-refractivity contribution in [2.45, 2.75) is 0 Å². The lowest BCUT2D eigenvalue weighted by molar-refractivity contribution is 0.488. The molecule has 0 aliphatic rings. The summed E-state index contributed by atoms with van der Waals surface area (Å²) in [6.45, 7) is 0. The summed E-state index contributed by atoms with van der Waals surface area (Å²) in [6.07, 6.45) is 0. The van der Waals surface area contributed by atoms with E-state index in [1.54, 1.807) is 24.3 Å². The van der Waals surface area contributed by atoms with Crippen LogP contribution in [-0.2, 0) is 10.3 Å². The van der Waals surface area contributed by atoms with Crippen LogP contribution in [0.25, 0.3) is 11.1 Å². The first-order valence-electron chi connectivity index (χ1n) is 5.02. The lowest BCUT2D eigenvalue weighted by Crippen LogP contribution is -2.18. The molecule has 0 amide bonds. The van der Waals surface area contributed by atoms with E-state index in [1.165, 1.54) is 24.3 Å². The monoisotopic (exact) mass is 267 g/mol. The summed E-state index contributed by atoms with van der Waals surface area (Å²) in [7, 11) is -4.02. The molecule has 0 saturated heterocycles. The van der Waals surface area contributed by atoms with Crippen molar-refractivity contribution in [1.82, 2.24) is 0 Å². The number of halogens is 1. The summed E-state index contributed by atoms with van der Waals surface area (Å²) >= 11 is 0. The molecular formula is C12H10FNO3S. The zero-order valence-electron chi connectivity index (χ0n) is 9.21. The van der Waals surface area contributed by atoms with Crippen LogP contribution in [0, 0.1) is 5.82 Å². The van der Waals surface area contributed by atoms with Crippen LogP contribution < -0.4 is 9.32 Å². The molecule has 2 aromatic rings. The summed E-state index contributed by atoms with van der Waals surface area (Å²) in [5.74, 6) is -0.227. The summed E-state index contributed by atoms with van der Waals surface area (Å²) < 4.78 is 38.9. The van der Waals surface area contributed by atoms with Crippen molar-refractivity contribution in [3.63, 3.8) is 0 Å². The first-order valence-corrected chi connectivity index (χ1v) is 6.49. The van der Waals surface area contributed by atoms with Crippen LogP contribution in [0.4, 0.5) is 4.39 Å². The Hall–Kier alpha value is -1.92. The fourth-order valence-electron chi connectivity index (χ4n) is 1.51. The highest BCUT2D eigenvalue weighted by atomic mass is 32.2. The lowest BCUT2D eigenvalue weighted by Gasteiger charge is -2.04. The zero-order chi connectivity index (χ0) is 13.2. The molecule has 0 aromatic heterocycles. The van der Waals surface area contributed by atoms with Crippen molar-refractivity contribution in [1.29, 1.82) is 0 Å². The molecule has 0 saturated carbocycles. The quantitative estimate of drug-likeness (QED) is 0.925. The normalized spacial score (nSPS) is 11.2. The van der Waals surface area contributed by atoms with Crippen molar-refractivity contribution >= 4 is 10.3 Å². The highest BCUT2D eigenvalue weighted by Gasteiger charge is 2.05. The maximum absolute atomic E-state index is 13.0. The van der Waals surface area contributed by atoms with Crippen LogP contribution in [0.3, 0.4) is 0 Å². The van der Waals surface area contributed by atoms with Gasteiger partial charge in [-0.3, -0.25) is 0 Å². The van der Waals surface area contributed by atoms with E-state index in [0.717, 1.165) is 5.56 Å². The van der Waals surface area contributed by atoms with E-state index in [4.69, 9.17) is 5.14 Å². The van der Waals surface area contributed by atoms with E-state index < -0.39 is 10.3 Å². The van der Waals surface area contributed by atoms with Crippen molar-refractivity contribution < 1.29 is 17.0 Å². The van der Waals surface area contributed by atoms with Gasteiger partial charge in [0.1, 0.15) is 11.6 Å². The van der Waals surface area contributed by atoms with Gasteiger partial charge >= 0.3 is 10.3 Å². The van der Waals surface area contributed by atoms with E-state index in [9.17, 15) is 12.8 Å². The molecule has 6 heteroatoms. The minimum absolute atomic E-state index is 0.109. The van der Waals surface area contributed by atoms with Crippen LogP contribution in [-0.4, -0.2) is 8.42 Å². The van der Waals surface area contributed by atoms with Crippen LogP contribution in [0.5, 0.6) is 5.75 Å². The SMILES string of the molecule is NS(=O)(=O)Oc1ccc(-c2cccc(F)c2)cc1. The molecule has 18 heavy (non-hydrogen) atoms. The van der Waals surface area contributed by atoms with Crippen molar-refractivity contribution in [3.8, 4) is 16.9 Å². The van der Waals surface area contributed by atoms with Gasteiger partial charge in [-0.2, -0.15) is 13.6 Å². The maximum Gasteiger partial charge on any atom is 0.380 e. The second kappa shape index (κ2) is 4.75. The van der Waals surface area contributed by atoms with Gasteiger partial charge in [-0.05, 0) is 35.4 Å². The Bertz CT molecular complexity index is 653. The third kappa shape index (κ3) is 3.28. The standard InChI is InChI=1S/C12H10FNO3S/c13-11-3-1-2-10(8-11)9-4-6-12(7-5-9)17-18(14,15)16/h1-8H,(H2,14,15,16). The molecule has 2 rings (SSSR count). The Morgan fingerprint density at radius 2 is 1.67 bits per heavy atom. The largest absolute Gasteiger partial charge is 0.380 e. The molecule has 0 heterocycles. The molecule has 2 aromatic carbocycles. The van der Waals surface area contributed by atoms with Crippen molar-refractivity contribution in [3.05, 3.63) is 54.3 Å². The minimum atomic E-state index is -4.02. The molecule has 0 atom stereocenters. The van der Waals surface area contributed by atoms with Gasteiger partial charge < -0.3 is 4.18 Å². The second-order valence-electron chi connectivity index (χ2n) is 3.61. The molecule has 94 valence electrons. The minimum Gasteiger partial charge on any atom is -0.371 e. The van der Waals surface area contributed by atoms with Gasteiger partial charge in [0, 0.05) is 0 Å². The van der Waals surface area contributed by atoms with Gasteiger partial charge in [0.25, 0.3) is 0 Å². The number of rotatable bonds is 3. The van der Waals surface area contributed by atoms with Crippen LogP contribution >= 0.6 is 0 Å². The molecule has 2 N–H and O–H groups in total. The van der Waals surface area contributed by atoms with Gasteiger partial charge in [0.15, 0.2) is 0 Å². The van der Waals surface area contributed by atoms with Gasteiger partial charge in [-0.25, -0.2) is 4.39 Å². The smallest absolute Gasteiger partial charge is 0.371 e. The van der Waals surface area contributed by atoms with Crippen LogP contribution in [0.2, 0.25) is 0 Å². The Kier molecular flexibility index (Phi) is 3.31. The molecule has 0 spiro atoms. The Labute approximate surface area is 104 Å². The summed E-state index contributed by atoms with van der Waals surface area (Å²) in [6, 6.07) is 12.2. The summed E-state index contributed by atoms with van der Waals surface area (Å²) in [5.41, 5.74) is 1.44. The Morgan fingerprint density at radius 3 is 2.22 bits per heavy atom. The third-order valence-corrected chi connectivity index (χ3v) is 2.65. The molecule has 0 unspecified atom stereocenters. The zero-order valence-corrected chi connectivity index (χ0v) is 10.0. The van der Waals surface area contributed by atoms with E-state index in [0.29, 0.717) is 5.56 Å². The predicted octanol–water partition coefficient (Wildman–Crippen LogP) is 2.07. The third-order valence-electron chi connectivity index (χ3n) is 2.22. The highest BCUT2D eigenvalue weighted by Crippen LogP contribution is 2.23. The summed E-state index contributed by atoms with van der Waals surface area (Å²) in [5, 5.41) is 4.74. The molecule has 0 radical (unpaired) electrons. The molecule has 0 aliphatic heterocycles. The maximum atomic E-state index is 13.0. The fourth-order valence-corrected chi connectivity index (χ4v) is 1.88. The topological polar surface area (TPSA) is 69.4 Å². The fraction of sp³-hybridized carbons (Fsp3) is 0. The van der Waals surface area contributed by atoms with E-state index >= 15 is 0 Å². The van der Waals surface area contributed by atoms with Crippen molar-refractivity contribution in [2.75, 3.05) is 0 Å². The average Bonchev–Trinajstić information content (AvgIpc) is 2.28. The first-order chi connectivity index (χ1) is 8.44. The van der Waals surface area contributed by atoms with E-state index in [1.807, 2.05) is 0 Å². The number of benzene rings is 2. The predicted molar refractivity (Wildman–Crippen MR) is 65.6 cm³/mol. The molecular weight excluding hydrogens is 257 g/mol.